The van der Waals surface area contributed by atoms with Crippen LogP contribution in [0.2, 0.25) is 10.0 Å². The van der Waals surface area contributed by atoms with Crippen molar-refractivity contribution in [3.8, 4) is 11.3 Å². The number of benzene rings is 2. The summed E-state index contributed by atoms with van der Waals surface area (Å²) in [5.41, 5.74) is 2.42. The van der Waals surface area contributed by atoms with Crippen LogP contribution in [0.15, 0.2) is 58.3 Å². The van der Waals surface area contributed by atoms with Crippen molar-refractivity contribution in [2.75, 3.05) is 11.1 Å². The molecular weight excluding hydrogens is 383 g/mol. The lowest BCUT2D eigenvalue weighted by atomic mass is 10.2. The molecule has 0 aliphatic heterocycles. The summed E-state index contributed by atoms with van der Waals surface area (Å²) < 4.78 is 0.842. The van der Waals surface area contributed by atoms with Gasteiger partial charge in [0.15, 0.2) is 4.34 Å². The molecule has 0 saturated heterocycles. The molecule has 1 N–H and O–H groups in total. The molecule has 0 spiro atoms. The molecule has 3 aromatic rings. The molecule has 0 aliphatic carbocycles. The van der Waals surface area contributed by atoms with E-state index < -0.39 is 0 Å². The number of para-hydroxylation sites is 1. The maximum Gasteiger partial charge on any atom is 0.234 e. The fourth-order valence-corrected chi connectivity index (χ4v) is 4.11. The number of thiazole rings is 1. The number of nitrogens with one attached hydrogen (secondary N) is 1. The summed E-state index contributed by atoms with van der Waals surface area (Å²) in [7, 11) is 0. The summed E-state index contributed by atoms with van der Waals surface area (Å²) in [5.74, 6) is 0.0648. The van der Waals surface area contributed by atoms with Crippen LogP contribution in [0.3, 0.4) is 0 Å². The highest BCUT2D eigenvalue weighted by Crippen LogP contribution is 2.31. The monoisotopic (exact) mass is 394 g/mol. The fourth-order valence-electron chi connectivity index (χ4n) is 1.99. The molecule has 0 fully saturated rings. The van der Waals surface area contributed by atoms with Gasteiger partial charge in [0.1, 0.15) is 0 Å². The molecule has 0 aliphatic rings. The van der Waals surface area contributed by atoms with Crippen LogP contribution in [0, 0.1) is 0 Å². The summed E-state index contributed by atoms with van der Waals surface area (Å²) in [6, 6.07) is 15.0. The predicted octanol–water partition coefficient (Wildman–Crippen LogP) is 5.85. The van der Waals surface area contributed by atoms with Crippen molar-refractivity contribution in [2.45, 2.75) is 4.34 Å². The van der Waals surface area contributed by atoms with Crippen LogP contribution in [-0.4, -0.2) is 16.6 Å². The predicted molar refractivity (Wildman–Crippen MR) is 103 cm³/mol. The lowest BCUT2D eigenvalue weighted by Crippen LogP contribution is -2.14. The summed E-state index contributed by atoms with van der Waals surface area (Å²) in [6.07, 6.45) is 0. The Balaban J connectivity index is 1.60. The molecule has 0 saturated carbocycles. The van der Waals surface area contributed by atoms with Gasteiger partial charge in [-0.15, -0.1) is 11.3 Å². The number of anilines is 1. The average molecular weight is 395 g/mol. The van der Waals surface area contributed by atoms with E-state index in [9.17, 15) is 4.79 Å². The first kappa shape index (κ1) is 17.3. The quantitative estimate of drug-likeness (QED) is 0.551. The Labute approximate surface area is 158 Å². The van der Waals surface area contributed by atoms with Gasteiger partial charge in [-0.1, -0.05) is 71.4 Å². The third-order valence-corrected chi connectivity index (χ3v) is 5.76. The maximum absolute atomic E-state index is 12.1. The van der Waals surface area contributed by atoms with Crippen LogP contribution in [0.25, 0.3) is 11.3 Å². The molecular formula is C17H12Cl2N2OS2. The molecule has 1 heterocycles. The number of carbonyl (C=O) groups is 1. The van der Waals surface area contributed by atoms with E-state index in [0.29, 0.717) is 15.7 Å². The maximum atomic E-state index is 12.1. The van der Waals surface area contributed by atoms with Crippen molar-refractivity contribution in [2.24, 2.45) is 0 Å². The number of halogens is 2. The number of hydrogen-bond donors (Lipinski definition) is 1. The minimum absolute atomic E-state index is 0.175. The second kappa shape index (κ2) is 8.03. The van der Waals surface area contributed by atoms with Crippen molar-refractivity contribution in [3.63, 3.8) is 0 Å². The molecule has 122 valence electrons. The van der Waals surface area contributed by atoms with E-state index in [-0.39, 0.29) is 11.7 Å². The van der Waals surface area contributed by atoms with Gasteiger partial charge in [0, 0.05) is 10.9 Å². The number of aromatic nitrogens is 1. The number of rotatable bonds is 5. The molecule has 0 unspecified atom stereocenters. The smallest absolute Gasteiger partial charge is 0.234 e. The van der Waals surface area contributed by atoms with Gasteiger partial charge >= 0.3 is 0 Å². The van der Waals surface area contributed by atoms with Gasteiger partial charge in [0.25, 0.3) is 0 Å². The fraction of sp³-hybridized carbons (Fsp3) is 0.0588. The molecule has 3 nitrogen and oxygen atoms in total. The van der Waals surface area contributed by atoms with Gasteiger partial charge in [0.05, 0.1) is 27.2 Å². The minimum atomic E-state index is -0.175. The van der Waals surface area contributed by atoms with Gasteiger partial charge < -0.3 is 5.32 Å². The van der Waals surface area contributed by atoms with E-state index in [4.69, 9.17) is 23.2 Å². The van der Waals surface area contributed by atoms with E-state index in [2.05, 4.69) is 10.3 Å². The third-order valence-electron chi connectivity index (χ3n) is 3.11. The molecule has 0 radical (unpaired) electrons. The van der Waals surface area contributed by atoms with E-state index in [0.717, 1.165) is 15.6 Å². The van der Waals surface area contributed by atoms with E-state index in [1.807, 2.05) is 35.7 Å². The first-order chi connectivity index (χ1) is 11.6. The summed E-state index contributed by atoms with van der Waals surface area (Å²) in [6.45, 7) is 0. The van der Waals surface area contributed by atoms with Crippen molar-refractivity contribution in [1.82, 2.24) is 4.98 Å². The first-order valence-corrected chi connectivity index (χ1v) is 9.63. The Bertz CT molecular complexity index is 833. The zero-order valence-corrected chi connectivity index (χ0v) is 15.5. The average Bonchev–Trinajstić information content (AvgIpc) is 3.06. The number of hydrogen-bond acceptors (Lipinski definition) is 4. The van der Waals surface area contributed by atoms with Crippen LogP contribution in [-0.2, 0) is 4.79 Å². The molecule has 24 heavy (non-hydrogen) atoms. The van der Waals surface area contributed by atoms with Crippen molar-refractivity contribution >= 4 is 57.9 Å². The third kappa shape index (κ3) is 4.30. The van der Waals surface area contributed by atoms with Crippen LogP contribution in [0.4, 0.5) is 5.69 Å². The van der Waals surface area contributed by atoms with Gasteiger partial charge in [-0.3, -0.25) is 4.79 Å². The summed E-state index contributed by atoms with van der Waals surface area (Å²) in [4.78, 5) is 16.6. The Morgan fingerprint density at radius 2 is 1.79 bits per heavy atom. The molecule has 2 aromatic carbocycles. The van der Waals surface area contributed by atoms with Crippen molar-refractivity contribution < 1.29 is 4.79 Å². The van der Waals surface area contributed by atoms with Crippen molar-refractivity contribution in [3.05, 3.63) is 64.0 Å². The number of amides is 1. The van der Waals surface area contributed by atoms with E-state index >= 15 is 0 Å². The highest BCUT2D eigenvalue weighted by atomic mass is 35.5. The number of carbonyl (C=O) groups excluding carboxylic acids is 1. The second-order valence-corrected chi connectivity index (χ2v) is 7.69. The number of thioether (sulfide) groups is 1. The van der Waals surface area contributed by atoms with Crippen LogP contribution in [0.1, 0.15) is 0 Å². The molecule has 3 rings (SSSR count). The standard InChI is InChI=1S/C17H12Cl2N2OS2/c18-12-7-4-8-13(19)16(12)21-15(22)10-24-17-20-14(9-23-17)11-5-2-1-3-6-11/h1-9H,10H2,(H,21,22). The number of nitrogens with zero attached hydrogens (tertiary/aromatic N) is 1. The van der Waals surface area contributed by atoms with E-state index in [1.165, 1.54) is 23.1 Å². The molecule has 7 heteroatoms. The first-order valence-electron chi connectivity index (χ1n) is 7.01. The zero-order valence-electron chi connectivity index (χ0n) is 12.3. The molecule has 1 aromatic heterocycles. The largest absolute Gasteiger partial charge is 0.323 e. The zero-order chi connectivity index (χ0) is 16.9. The molecule has 0 atom stereocenters. The van der Waals surface area contributed by atoms with Crippen LogP contribution < -0.4 is 5.32 Å². The highest BCUT2D eigenvalue weighted by Gasteiger charge is 2.11. The Kier molecular flexibility index (Phi) is 5.79. The van der Waals surface area contributed by atoms with Crippen LogP contribution >= 0.6 is 46.3 Å². The second-order valence-electron chi connectivity index (χ2n) is 4.80. The molecule has 1 amide bonds. The minimum Gasteiger partial charge on any atom is -0.323 e. The summed E-state index contributed by atoms with van der Waals surface area (Å²) in [5, 5.41) is 5.56. The van der Waals surface area contributed by atoms with Gasteiger partial charge in [-0.25, -0.2) is 4.98 Å². The van der Waals surface area contributed by atoms with Crippen LogP contribution in [0.5, 0.6) is 0 Å². The topological polar surface area (TPSA) is 42.0 Å². The lowest BCUT2D eigenvalue weighted by Gasteiger charge is -2.08. The van der Waals surface area contributed by atoms with E-state index in [1.54, 1.807) is 18.2 Å². The normalized spacial score (nSPS) is 10.6. The van der Waals surface area contributed by atoms with Crippen molar-refractivity contribution in [1.29, 1.82) is 0 Å². The molecule has 0 bridgehead atoms. The van der Waals surface area contributed by atoms with Gasteiger partial charge in [0.2, 0.25) is 5.91 Å². The summed E-state index contributed by atoms with van der Waals surface area (Å²) >= 11 is 15.0. The van der Waals surface area contributed by atoms with Gasteiger partial charge in [-0.2, -0.15) is 0 Å². The van der Waals surface area contributed by atoms with Gasteiger partial charge in [-0.05, 0) is 12.1 Å². The Morgan fingerprint density at radius 3 is 2.50 bits per heavy atom. The Morgan fingerprint density at radius 1 is 1.08 bits per heavy atom. The SMILES string of the molecule is O=C(CSc1nc(-c2ccccc2)cs1)Nc1c(Cl)cccc1Cl. The Hall–Kier alpha value is -1.53. The highest BCUT2D eigenvalue weighted by molar-refractivity contribution is 8.01. The lowest BCUT2D eigenvalue weighted by molar-refractivity contribution is -0.113.